The maximum absolute atomic E-state index is 12.3. The molecule has 6 nitrogen and oxygen atoms in total. The molecule has 0 radical (unpaired) electrons. The van der Waals surface area contributed by atoms with Crippen molar-refractivity contribution in [2.24, 2.45) is 17.8 Å². The molecule has 3 rings (SSSR count). The van der Waals surface area contributed by atoms with Gasteiger partial charge in [0.15, 0.2) is 0 Å². The molecule has 1 amide bonds. The number of benzene rings is 1. The van der Waals surface area contributed by atoms with Crippen LogP contribution in [0.5, 0.6) is 0 Å². The standard InChI is InChI=1S/C18H23NO5/c20-17(21)16-11-19(10-15(16)14-6-8-23-9-7-14)18(22)24-12-13-4-2-1-3-5-13/h1-5,14-16H,6-12H2,(H,20,21)/t15-,16+/m0/s1. The summed E-state index contributed by atoms with van der Waals surface area (Å²) in [5.41, 5.74) is 0.917. The fraction of sp³-hybridized carbons (Fsp3) is 0.556. The van der Waals surface area contributed by atoms with Crippen LogP contribution in [-0.4, -0.2) is 48.4 Å². The largest absolute Gasteiger partial charge is 0.481 e. The number of aliphatic carboxylic acids is 1. The molecule has 130 valence electrons. The highest BCUT2D eigenvalue weighted by Gasteiger charge is 2.44. The lowest BCUT2D eigenvalue weighted by Crippen LogP contribution is -2.32. The number of carboxylic acids is 1. The second kappa shape index (κ2) is 7.66. The van der Waals surface area contributed by atoms with Gasteiger partial charge in [0.25, 0.3) is 0 Å². The van der Waals surface area contributed by atoms with Crippen LogP contribution in [0.3, 0.4) is 0 Å². The average Bonchev–Trinajstić information content (AvgIpc) is 3.07. The molecule has 0 spiro atoms. The highest BCUT2D eigenvalue weighted by atomic mass is 16.6. The van der Waals surface area contributed by atoms with Crippen LogP contribution in [0.25, 0.3) is 0 Å². The molecular formula is C18H23NO5. The number of nitrogens with zero attached hydrogens (tertiary/aromatic N) is 1. The molecule has 0 aliphatic carbocycles. The topological polar surface area (TPSA) is 76.1 Å². The summed E-state index contributed by atoms with van der Waals surface area (Å²) in [6.45, 7) is 2.23. The van der Waals surface area contributed by atoms with Crippen molar-refractivity contribution in [3.63, 3.8) is 0 Å². The van der Waals surface area contributed by atoms with Crippen molar-refractivity contribution < 1.29 is 24.2 Å². The maximum atomic E-state index is 12.3. The van der Waals surface area contributed by atoms with Crippen LogP contribution < -0.4 is 0 Å². The Bertz CT molecular complexity index is 570. The highest BCUT2D eigenvalue weighted by molar-refractivity contribution is 5.74. The maximum Gasteiger partial charge on any atom is 0.410 e. The molecule has 2 aliphatic rings. The van der Waals surface area contributed by atoms with Crippen molar-refractivity contribution in [3.05, 3.63) is 35.9 Å². The Morgan fingerprint density at radius 3 is 2.54 bits per heavy atom. The molecule has 2 saturated heterocycles. The molecule has 2 aliphatic heterocycles. The summed E-state index contributed by atoms with van der Waals surface area (Å²) >= 11 is 0. The molecule has 1 aromatic rings. The van der Waals surface area contributed by atoms with Gasteiger partial charge in [0.2, 0.25) is 0 Å². The summed E-state index contributed by atoms with van der Waals surface area (Å²) in [7, 11) is 0. The molecule has 6 heteroatoms. The van der Waals surface area contributed by atoms with Gasteiger partial charge in [-0.2, -0.15) is 0 Å². The number of carbonyl (C=O) groups is 2. The van der Waals surface area contributed by atoms with E-state index in [1.165, 1.54) is 0 Å². The fourth-order valence-corrected chi connectivity index (χ4v) is 3.67. The number of hydrogen-bond acceptors (Lipinski definition) is 4. The number of carboxylic acid groups (broad SMARTS) is 1. The van der Waals surface area contributed by atoms with E-state index in [4.69, 9.17) is 9.47 Å². The summed E-state index contributed by atoms with van der Waals surface area (Å²) in [5.74, 6) is -1.07. The summed E-state index contributed by atoms with van der Waals surface area (Å²) in [6.07, 6.45) is 1.29. The van der Waals surface area contributed by atoms with Crippen molar-refractivity contribution in [2.45, 2.75) is 19.4 Å². The number of carbonyl (C=O) groups excluding carboxylic acids is 1. The van der Waals surface area contributed by atoms with E-state index in [2.05, 4.69) is 0 Å². The van der Waals surface area contributed by atoms with Crippen molar-refractivity contribution in [1.82, 2.24) is 4.90 Å². The van der Waals surface area contributed by atoms with Crippen LogP contribution in [0.15, 0.2) is 30.3 Å². The Balaban J connectivity index is 1.59. The van der Waals surface area contributed by atoms with Gasteiger partial charge in [-0.05, 0) is 30.2 Å². The zero-order chi connectivity index (χ0) is 16.9. The minimum atomic E-state index is -0.829. The molecular weight excluding hydrogens is 310 g/mol. The third-order valence-electron chi connectivity index (χ3n) is 5.02. The van der Waals surface area contributed by atoms with Crippen LogP contribution in [0.4, 0.5) is 4.79 Å². The molecule has 0 saturated carbocycles. The van der Waals surface area contributed by atoms with Gasteiger partial charge in [-0.3, -0.25) is 4.79 Å². The lowest BCUT2D eigenvalue weighted by Gasteiger charge is -2.29. The second-order valence-corrected chi connectivity index (χ2v) is 6.50. The number of amides is 1. The smallest absolute Gasteiger partial charge is 0.410 e. The van der Waals surface area contributed by atoms with E-state index in [-0.39, 0.29) is 19.1 Å². The van der Waals surface area contributed by atoms with Crippen LogP contribution >= 0.6 is 0 Å². The van der Waals surface area contributed by atoms with E-state index in [9.17, 15) is 14.7 Å². The van der Waals surface area contributed by atoms with Gasteiger partial charge in [-0.15, -0.1) is 0 Å². The average molecular weight is 333 g/mol. The molecule has 0 unspecified atom stereocenters. The Kier molecular flexibility index (Phi) is 5.35. The first-order chi connectivity index (χ1) is 11.6. The predicted molar refractivity (Wildman–Crippen MR) is 86.4 cm³/mol. The first-order valence-corrected chi connectivity index (χ1v) is 8.41. The van der Waals surface area contributed by atoms with Gasteiger partial charge in [-0.1, -0.05) is 30.3 Å². The normalized spacial score (nSPS) is 24.8. The highest BCUT2D eigenvalue weighted by Crippen LogP contribution is 2.35. The number of hydrogen-bond donors (Lipinski definition) is 1. The lowest BCUT2D eigenvalue weighted by molar-refractivity contribution is -0.143. The van der Waals surface area contributed by atoms with Gasteiger partial charge >= 0.3 is 12.1 Å². The van der Waals surface area contributed by atoms with E-state index in [1.54, 1.807) is 4.90 Å². The number of likely N-dealkylation sites (tertiary alicyclic amines) is 1. The number of rotatable bonds is 4. The Morgan fingerprint density at radius 1 is 1.17 bits per heavy atom. The van der Waals surface area contributed by atoms with E-state index in [0.29, 0.717) is 25.7 Å². The van der Waals surface area contributed by atoms with Gasteiger partial charge < -0.3 is 19.5 Å². The van der Waals surface area contributed by atoms with E-state index >= 15 is 0 Å². The zero-order valence-electron chi connectivity index (χ0n) is 13.6. The first-order valence-electron chi connectivity index (χ1n) is 8.41. The fourth-order valence-electron chi connectivity index (χ4n) is 3.67. The SMILES string of the molecule is O=C(O)[C@@H]1CN(C(=O)OCc2ccccc2)C[C@H]1C1CCOCC1. The van der Waals surface area contributed by atoms with E-state index in [0.717, 1.165) is 18.4 Å². The molecule has 2 heterocycles. The third-order valence-corrected chi connectivity index (χ3v) is 5.02. The summed E-state index contributed by atoms with van der Waals surface area (Å²) in [6, 6.07) is 9.47. The third kappa shape index (κ3) is 3.87. The van der Waals surface area contributed by atoms with Crippen LogP contribution in [-0.2, 0) is 20.9 Å². The van der Waals surface area contributed by atoms with Crippen LogP contribution in [0, 0.1) is 17.8 Å². The van der Waals surface area contributed by atoms with Crippen molar-refractivity contribution in [3.8, 4) is 0 Å². The van der Waals surface area contributed by atoms with Gasteiger partial charge in [-0.25, -0.2) is 4.79 Å². The number of ether oxygens (including phenoxy) is 2. The minimum absolute atomic E-state index is 0.0179. The Morgan fingerprint density at radius 2 is 1.88 bits per heavy atom. The quantitative estimate of drug-likeness (QED) is 0.915. The molecule has 24 heavy (non-hydrogen) atoms. The van der Waals surface area contributed by atoms with Crippen molar-refractivity contribution in [1.29, 1.82) is 0 Å². The van der Waals surface area contributed by atoms with Crippen LogP contribution in [0.2, 0.25) is 0 Å². The van der Waals surface area contributed by atoms with Gasteiger partial charge in [0.1, 0.15) is 6.61 Å². The zero-order valence-corrected chi connectivity index (χ0v) is 13.6. The van der Waals surface area contributed by atoms with Gasteiger partial charge in [0.05, 0.1) is 5.92 Å². The van der Waals surface area contributed by atoms with Crippen molar-refractivity contribution in [2.75, 3.05) is 26.3 Å². The summed E-state index contributed by atoms with van der Waals surface area (Å²) in [4.78, 5) is 25.4. The second-order valence-electron chi connectivity index (χ2n) is 6.50. The lowest BCUT2D eigenvalue weighted by atomic mass is 9.80. The molecule has 2 fully saturated rings. The van der Waals surface area contributed by atoms with E-state index < -0.39 is 18.0 Å². The monoisotopic (exact) mass is 333 g/mol. The Labute approximate surface area is 141 Å². The summed E-state index contributed by atoms with van der Waals surface area (Å²) in [5, 5.41) is 9.51. The molecule has 0 bridgehead atoms. The van der Waals surface area contributed by atoms with E-state index in [1.807, 2.05) is 30.3 Å². The minimum Gasteiger partial charge on any atom is -0.481 e. The van der Waals surface area contributed by atoms with Crippen molar-refractivity contribution >= 4 is 12.1 Å². The molecule has 1 N–H and O–H groups in total. The predicted octanol–water partition coefficient (Wildman–Crippen LogP) is 2.38. The van der Waals surface area contributed by atoms with Crippen LogP contribution in [0.1, 0.15) is 18.4 Å². The molecule has 2 atom stereocenters. The first kappa shape index (κ1) is 16.8. The Hall–Kier alpha value is -2.08. The summed E-state index contributed by atoms with van der Waals surface area (Å²) < 4.78 is 10.7. The van der Waals surface area contributed by atoms with Gasteiger partial charge in [0, 0.05) is 26.3 Å². The molecule has 1 aromatic carbocycles. The molecule has 0 aromatic heterocycles.